The minimum Gasteiger partial charge on any atom is -0.375 e. The lowest BCUT2D eigenvalue weighted by Gasteiger charge is -2.25. The van der Waals surface area contributed by atoms with Gasteiger partial charge in [0.15, 0.2) is 0 Å². The fourth-order valence-corrected chi connectivity index (χ4v) is 2.03. The Labute approximate surface area is 111 Å². The van der Waals surface area contributed by atoms with Gasteiger partial charge in [0.25, 0.3) is 0 Å². The minimum absolute atomic E-state index is 0.200. The van der Waals surface area contributed by atoms with Crippen molar-refractivity contribution < 1.29 is 9.13 Å². The van der Waals surface area contributed by atoms with E-state index in [9.17, 15) is 4.39 Å². The van der Waals surface area contributed by atoms with Gasteiger partial charge in [-0.3, -0.25) is 0 Å². The van der Waals surface area contributed by atoms with E-state index in [1.807, 2.05) is 26.8 Å². The molecule has 1 aromatic rings. The summed E-state index contributed by atoms with van der Waals surface area (Å²) in [6, 6.07) is 5.05. The summed E-state index contributed by atoms with van der Waals surface area (Å²) in [7, 11) is 0. The molecule has 0 aliphatic carbocycles. The first-order chi connectivity index (χ1) is 7.96. The van der Waals surface area contributed by atoms with Crippen LogP contribution in [0.1, 0.15) is 26.3 Å². The molecular weight excluding hydrogens is 285 g/mol. The molecule has 0 heterocycles. The Bertz CT molecular complexity index is 368. The molecule has 0 aromatic heterocycles. The average molecular weight is 304 g/mol. The molecule has 0 amide bonds. The maximum Gasteiger partial charge on any atom is 0.137 e. The van der Waals surface area contributed by atoms with Crippen molar-refractivity contribution in [2.75, 3.05) is 13.2 Å². The molecule has 1 aromatic carbocycles. The number of benzene rings is 1. The van der Waals surface area contributed by atoms with Crippen molar-refractivity contribution in [2.24, 2.45) is 0 Å². The van der Waals surface area contributed by atoms with Gasteiger partial charge in [0, 0.05) is 19.7 Å². The highest BCUT2D eigenvalue weighted by molar-refractivity contribution is 9.10. The van der Waals surface area contributed by atoms with E-state index in [0.29, 0.717) is 17.6 Å². The SMILES string of the molecule is CCOC(C)(C)CNCc1cccc(F)c1Br. The van der Waals surface area contributed by atoms with Crippen molar-refractivity contribution in [2.45, 2.75) is 32.9 Å². The van der Waals surface area contributed by atoms with Gasteiger partial charge < -0.3 is 10.1 Å². The lowest BCUT2D eigenvalue weighted by molar-refractivity contribution is -0.00898. The third-order valence-corrected chi connectivity index (χ3v) is 3.32. The van der Waals surface area contributed by atoms with E-state index in [0.717, 1.165) is 12.1 Å². The van der Waals surface area contributed by atoms with Crippen LogP contribution >= 0.6 is 15.9 Å². The number of halogens is 2. The fraction of sp³-hybridized carbons (Fsp3) is 0.538. The van der Waals surface area contributed by atoms with E-state index in [1.165, 1.54) is 6.07 Å². The van der Waals surface area contributed by atoms with Gasteiger partial charge in [-0.1, -0.05) is 12.1 Å². The van der Waals surface area contributed by atoms with Gasteiger partial charge in [0.2, 0.25) is 0 Å². The third-order valence-electron chi connectivity index (χ3n) is 2.43. The summed E-state index contributed by atoms with van der Waals surface area (Å²) in [6.07, 6.45) is 0. The summed E-state index contributed by atoms with van der Waals surface area (Å²) in [5.74, 6) is -0.228. The van der Waals surface area contributed by atoms with E-state index in [-0.39, 0.29) is 11.4 Å². The lowest BCUT2D eigenvalue weighted by atomic mass is 10.1. The number of nitrogens with one attached hydrogen (secondary N) is 1. The fourth-order valence-electron chi connectivity index (χ4n) is 1.62. The van der Waals surface area contributed by atoms with Gasteiger partial charge in [0.05, 0.1) is 10.1 Å². The van der Waals surface area contributed by atoms with Crippen LogP contribution < -0.4 is 5.32 Å². The predicted molar refractivity (Wildman–Crippen MR) is 71.5 cm³/mol. The molecular formula is C13H19BrFNO. The van der Waals surface area contributed by atoms with Crippen LogP contribution in [0.2, 0.25) is 0 Å². The molecule has 0 saturated carbocycles. The predicted octanol–water partition coefficient (Wildman–Crippen LogP) is 3.49. The van der Waals surface area contributed by atoms with Gasteiger partial charge in [-0.05, 0) is 48.3 Å². The molecule has 0 fully saturated rings. The van der Waals surface area contributed by atoms with E-state index in [2.05, 4.69) is 21.2 Å². The topological polar surface area (TPSA) is 21.3 Å². The zero-order valence-electron chi connectivity index (χ0n) is 10.5. The minimum atomic E-state index is -0.228. The van der Waals surface area contributed by atoms with Crippen molar-refractivity contribution in [3.05, 3.63) is 34.1 Å². The van der Waals surface area contributed by atoms with Crippen LogP contribution in [0.3, 0.4) is 0 Å². The molecule has 96 valence electrons. The highest BCUT2D eigenvalue weighted by Gasteiger charge is 2.16. The Kier molecular flexibility index (Phi) is 5.56. The second-order valence-corrected chi connectivity index (χ2v) is 5.30. The van der Waals surface area contributed by atoms with Crippen LogP contribution in [0.4, 0.5) is 4.39 Å². The van der Waals surface area contributed by atoms with E-state index in [1.54, 1.807) is 6.07 Å². The molecule has 1 rings (SSSR count). The number of ether oxygens (including phenoxy) is 1. The van der Waals surface area contributed by atoms with Crippen molar-refractivity contribution in [3.63, 3.8) is 0 Å². The smallest absolute Gasteiger partial charge is 0.137 e. The van der Waals surface area contributed by atoms with Crippen LogP contribution in [0.15, 0.2) is 22.7 Å². The van der Waals surface area contributed by atoms with Crippen LogP contribution in [-0.2, 0) is 11.3 Å². The van der Waals surface area contributed by atoms with Gasteiger partial charge in [-0.15, -0.1) is 0 Å². The molecule has 0 atom stereocenters. The summed E-state index contributed by atoms with van der Waals surface area (Å²) in [5, 5.41) is 3.27. The Morgan fingerprint density at radius 3 is 2.76 bits per heavy atom. The molecule has 1 N–H and O–H groups in total. The average Bonchev–Trinajstić information content (AvgIpc) is 2.24. The van der Waals surface area contributed by atoms with Crippen molar-refractivity contribution in [3.8, 4) is 0 Å². The molecule has 0 aliphatic heterocycles. The van der Waals surface area contributed by atoms with Crippen LogP contribution in [-0.4, -0.2) is 18.8 Å². The number of hydrogen-bond donors (Lipinski definition) is 1. The zero-order valence-corrected chi connectivity index (χ0v) is 12.1. The van der Waals surface area contributed by atoms with Crippen LogP contribution in [0.5, 0.6) is 0 Å². The standard InChI is InChI=1S/C13H19BrFNO/c1-4-17-13(2,3)9-16-8-10-6-5-7-11(15)12(10)14/h5-7,16H,4,8-9H2,1-3H3. The monoisotopic (exact) mass is 303 g/mol. The molecule has 0 spiro atoms. The van der Waals surface area contributed by atoms with Crippen LogP contribution in [0, 0.1) is 5.82 Å². The van der Waals surface area contributed by atoms with E-state index in [4.69, 9.17) is 4.74 Å². The second kappa shape index (κ2) is 6.47. The first-order valence-electron chi connectivity index (χ1n) is 5.74. The molecule has 0 aliphatic rings. The summed E-state index contributed by atoms with van der Waals surface area (Å²) < 4.78 is 19.4. The van der Waals surface area contributed by atoms with E-state index >= 15 is 0 Å². The van der Waals surface area contributed by atoms with Gasteiger partial charge >= 0.3 is 0 Å². The summed E-state index contributed by atoms with van der Waals surface area (Å²) in [5.41, 5.74) is 0.714. The summed E-state index contributed by atoms with van der Waals surface area (Å²) >= 11 is 3.25. The Hall–Kier alpha value is -0.450. The number of rotatable bonds is 6. The highest BCUT2D eigenvalue weighted by Crippen LogP contribution is 2.20. The molecule has 4 heteroatoms. The van der Waals surface area contributed by atoms with Crippen molar-refractivity contribution in [1.82, 2.24) is 5.32 Å². The first kappa shape index (κ1) is 14.6. The highest BCUT2D eigenvalue weighted by atomic mass is 79.9. The maximum atomic E-state index is 13.3. The first-order valence-corrected chi connectivity index (χ1v) is 6.53. The quantitative estimate of drug-likeness (QED) is 0.868. The molecule has 17 heavy (non-hydrogen) atoms. The molecule has 0 radical (unpaired) electrons. The Balaban J connectivity index is 2.49. The van der Waals surface area contributed by atoms with Gasteiger partial charge in [0.1, 0.15) is 5.82 Å². The third kappa shape index (κ3) is 4.74. The number of hydrogen-bond acceptors (Lipinski definition) is 2. The Morgan fingerprint density at radius 1 is 1.41 bits per heavy atom. The molecule has 0 unspecified atom stereocenters. The summed E-state index contributed by atoms with van der Waals surface area (Å²) in [6.45, 7) is 8.08. The van der Waals surface area contributed by atoms with Gasteiger partial charge in [-0.25, -0.2) is 4.39 Å². The molecule has 2 nitrogen and oxygen atoms in total. The zero-order chi connectivity index (χ0) is 12.9. The molecule has 0 bridgehead atoms. The summed E-state index contributed by atoms with van der Waals surface area (Å²) in [4.78, 5) is 0. The molecule has 0 saturated heterocycles. The van der Waals surface area contributed by atoms with E-state index < -0.39 is 0 Å². The van der Waals surface area contributed by atoms with Crippen molar-refractivity contribution in [1.29, 1.82) is 0 Å². The normalized spacial score (nSPS) is 11.8. The largest absolute Gasteiger partial charge is 0.375 e. The van der Waals surface area contributed by atoms with Gasteiger partial charge in [-0.2, -0.15) is 0 Å². The maximum absolute atomic E-state index is 13.3. The van der Waals surface area contributed by atoms with Crippen molar-refractivity contribution >= 4 is 15.9 Å². The second-order valence-electron chi connectivity index (χ2n) is 4.51. The lowest BCUT2D eigenvalue weighted by Crippen LogP contribution is -2.37. The Morgan fingerprint density at radius 2 is 2.12 bits per heavy atom. The van der Waals surface area contributed by atoms with Crippen LogP contribution in [0.25, 0.3) is 0 Å².